The van der Waals surface area contributed by atoms with E-state index in [1.54, 1.807) is 0 Å². The highest BCUT2D eigenvalue weighted by Crippen LogP contribution is 2.16. The summed E-state index contributed by atoms with van der Waals surface area (Å²) in [5.74, 6) is -0.0843. The number of aliphatic hydroxyl groups is 2. The fourth-order valence-electron chi connectivity index (χ4n) is 7.16. The molecular weight excluding hydrogens is 659 g/mol. The fraction of sp³-hybridized carbons (Fsp3) is 0.915. The van der Waals surface area contributed by atoms with Gasteiger partial charge in [-0.25, -0.2) is 0 Å². The molecule has 314 valence electrons. The second-order valence-electron chi connectivity index (χ2n) is 16.1. The first kappa shape index (κ1) is 51.6. The molecule has 0 fully saturated rings. The molecule has 0 rings (SSSR count). The van der Waals surface area contributed by atoms with Crippen LogP contribution in [0.15, 0.2) is 12.2 Å². The molecule has 0 heterocycles. The first-order valence-corrected chi connectivity index (χ1v) is 23.4. The third-order valence-corrected chi connectivity index (χ3v) is 10.8. The van der Waals surface area contributed by atoms with Crippen LogP contribution in [0.5, 0.6) is 0 Å². The van der Waals surface area contributed by atoms with E-state index in [4.69, 9.17) is 4.74 Å². The summed E-state index contributed by atoms with van der Waals surface area (Å²) in [6, 6.07) is -0.557. The lowest BCUT2D eigenvalue weighted by Crippen LogP contribution is -2.45. The molecule has 0 radical (unpaired) electrons. The van der Waals surface area contributed by atoms with Crippen LogP contribution >= 0.6 is 0 Å². The summed E-state index contributed by atoms with van der Waals surface area (Å²) in [5, 5.41) is 23.1. The highest BCUT2D eigenvalue weighted by molar-refractivity contribution is 5.76. The smallest absolute Gasteiger partial charge is 0.305 e. The van der Waals surface area contributed by atoms with E-state index in [1.807, 2.05) is 0 Å². The number of ether oxygens (including phenoxy) is 1. The number of allylic oxidation sites excluding steroid dienone is 2. The first-order chi connectivity index (χ1) is 26.0. The average molecular weight is 750 g/mol. The van der Waals surface area contributed by atoms with Crippen LogP contribution < -0.4 is 5.32 Å². The van der Waals surface area contributed by atoms with Crippen LogP contribution in [0.2, 0.25) is 0 Å². The van der Waals surface area contributed by atoms with Crippen LogP contribution in [-0.4, -0.2) is 47.4 Å². The SMILES string of the molecule is CCCCCCCCCCCCCCCC(O)C(CO)NC(=O)CCCCCCC/C=C\CCCCCOC(=O)CCCCCCCCCCCCC. The average Bonchev–Trinajstić information content (AvgIpc) is 3.16. The molecule has 0 aliphatic rings. The predicted octanol–water partition coefficient (Wildman–Crippen LogP) is 13.4. The second kappa shape index (κ2) is 43.3. The van der Waals surface area contributed by atoms with Gasteiger partial charge >= 0.3 is 5.97 Å². The number of aliphatic hydroxyl groups excluding tert-OH is 2. The number of unbranched alkanes of at least 4 members (excludes halogenated alkanes) is 30. The quantitative estimate of drug-likeness (QED) is 0.0328. The van der Waals surface area contributed by atoms with Gasteiger partial charge in [0.2, 0.25) is 5.91 Å². The van der Waals surface area contributed by atoms with Gasteiger partial charge in [0.1, 0.15) is 0 Å². The molecule has 0 aliphatic heterocycles. The standard InChI is InChI=1S/C47H91NO5/c1-3-5-7-9-11-13-15-16-20-23-27-31-35-39-45(50)44(43-49)48-46(51)40-36-32-28-24-21-17-18-22-26-30-34-38-42-53-47(52)41-37-33-29-25-19-14-12-10-8-6-4-2/h18,22,44-45,49-50H,3-17,19-21,23-43H2,1-2H3,(H,48,51)/b22-18-. The van der Waals surface area contributed by atoms with Crippen molar-refractivity contribution in [3.8, 4) is 0 Å². The van der Waals surface area contributed by atoms with Crippen LogP contribution in [-0.2, 0) is 14.3 Å². The molecule has 3 N–H and O–H groups in total. The molecule has 0 spiro atoms. The van der Waals surface area contributed by atoms with Gasteiger partial charge < -0.3 is 20.3 Å². The summed E-state index contributed by atoms with van der Waals surface area (Å²) >= 11 is 0. The van der Waals surface area contributed by atoms with E-state index in [2.05, 4.69) is 31.3 Å². The van der Waals surface area contributed by atoms with E-state index in [9.17, 15) is 19.8 Å². The molecule has 6 nitrogen and oxygen atoms in total. The molecule has 1 amide bonds. The normalized spacial score (nSPS) is 12.8. The lowest BCUT2D eigenvalue weighted by Gasteiger charge is -2.22. The summed E-state index contributed by atoms with van der Waals surface area (Å²) in [5.41, 5.74) is 0. The van der Waals surface area contributed by atoms with Crippen molar-refractivity contribution in [2.45, 2.75) is 264 Å². The van der Waals surface area contributed by atoms with Crippen molar-refractivity contribution < 1.29 is 24.5 Å². The highest BCUT2D eigenvalue weighted by Gasteiger charge is 2.20. The molecule has 0 aliphatic carbocycles. The summed E-state index contributed by atoms with van der Waals surface area (Å²) in [6.45, 7) is 4.88. The van der Waals surface area contributed by atoms with Gasteiger partial charge in [-0.3, -0.25) is 9.59 Å². The van der Waals surface area contributed by atoms with Crippen molar-refractivity contribution in [1.82, 2.24) is 5.32 Å². The second-order valence-corrected chi connectivity index (χ2v) is 16.1. The Bertz CT molecular complexity index is 787. The molecule has 0 saturated heterocycles. The number of amides is 1. The summed E-state index contributed by atoms with van der Waals surface area (Å²) < 4.78 is 5.42. The number of carbonyl (C=O) groups is 2. The minimum atomic E-state index is -0.678. The lowest BCUT2D eigenvalue weighted by molar-refractivity contribution is -0.143. The number of rotatable bonds is 43. The molecule has 0 aromatic carbocycles. The molecule has 2 atom stereocenters. The number of hydrogen-bond donors (Lipinski definition) is 3. The van der Waals surface area contributed by atoms with Gasteiger partial charge in [-0.1, -0.05) is 193 Å². The topological polar surface area (TPSA) is 95.9 Å². The summed E-state index contributed by atoms with van der Waals surface area (Å²) in [6.07, 6.45) is 47.4. The molecule has 0 aromatic rings. The van der Waals surface area contributed by atoms with Gasteiger partial charge in [0.15, 0.2) is 0 Å². The van der Waals surface area contributed by atoms with E-state index in [1.165, 1.54) is 141 Å². The van der Waals surface area contributed by atoms with Crippen LogP contribution in [0.3, 0.4) is 0 Å². The Morgan fingerprint density at radius 1 is 0.509 bits per heavy atom. The largest absolute Gasteiger partial charge is 0.466 e. The third kappa shape index (κ3) is 40.1. The molecule has 0 aromatic heterocycles. The molecular formula is C47H91NO5. The van der Waals surface area contributed by atoms with Crippen molar-refractivity contribution in [3.63, 3.8) is 0 Å². The zero-order chi connectivity index (χ0) is 38.7. The van der Waals surface area contributed by atoms with Crippen molar-refractivity contribution in [2.75, 3.05) is 13.2 Å². The Morgan fingerprint density at radius 2 is 0.887 bits per heavy atom. The van der Waals surface area contributed by atoms with Crippen molar-refractivity contribution in [2.24, 2.45) is 0 Å². The Labute approximate surface area is 329 Å². The van der Waals surface area contributed by atoms with Gasteiger partial charge in [-0.15, -0.1) is 0 Å². The Kier molecular flexibility index (Phi) is 42.2. The lowest BCUT2D eigenvalue weighted by atomic mass is 10.0. The number of nitrogens with one attached hydrogen (secondary N) is 1. The Morgan fingerprint density at radius 3 is 1.34 bits per heavy atom. The van der Waals surface area contributed by atoms with E-state index < -0.39 is 12.1 Å². The van der Waals surface area contributed by atoms with Gasteiger partial charge in [0.05, 0.1) is 25.4 Å². The van der Waals surface area contributed by atoms with Crippen LogP contribution in [0.4, 0.5) is 0 Å². The maximum Gasteiger partial charge on any atom is 0.305 e. The minimum Gasteiger partial charge on any atom is -0.466 e. The third-order valence-electron chi connectivity index (χ3n) is 10.8. The molecule has 0 saturated carbocycles. The zero-order valence-electron chi connectivity index (χ0n) is 35.5. The fourth-order valence-corrected chi connectivity index (χ4v) is 7.16. The molecule has 53 heavy (non-hydrogen) atoms. The summed E-state index contributed by atoms with van der Waals surface area (Å²) in [4.78, 5) is 24.3. The van der Waals surface area contributed by atoms with Crippen molar-refractivity contribution >= 4 is 11.9 Å². The molecule has 0 bridgehead atoms. The van der Waals surface area contributed by atoms with Gasteiger partial charge in [0, 0.05) is 12.8 Å². The van der Waals surface area contributed by atoms with Crippen LogP contribution in [0, 0.1) is 0 Å². The van der Waals surface area contributed by atoms with Gasteiger partial charge in [0.25, 0.3) is 0 Å². The van der Waals surface area contributed by atoms with Crippen molar-refractivity contribution in [1.29, 1.82) is 0 Å². The predicted molar refractivity (Wildman–Crippen MR) is 227 cm³/mol. The van der Waals surface area contributed by atoms with E-state index >= 15 is 0 Å². The number of esters is 1. The van der Waals surface area contributed by atoms with Gasteiger partial charge in [-0.2, -0.15) is 0 Å². The number of hydrogen-bond acceptors (Lipinski definition) is 5. The number of carbonyl (C=O) groups excluding carboxylic acids is 2. The maximum atomic E-state index is 12.4. The van der Waals surface area contributed by atoms with E-state index in [0.29, 0.717) is 25.9 Å². The maximum absolute atomic E-state index is 12.4. The van der Waals surface area contributed by atoms with Crippen molar-refractivity contribution in [3.05, 3.63) is 12.2 Å². The van der Waals surface area contributed by atoms with Gasteiger partial charge in [-0.05, 0) is 57.8 Å². The first-order valence-electron chi connectivity index (χ1n) is 23.4. The zero-order valence-corrected chi connectivity index (χ0v) is 35.5. The minimum absolute atomic E-state index is 0.0233. The molecule has 6 heteroatoms. The molecule has 2 unspecified atom stereocenters. The van der Waals surface area contributed by atoms with Crippen LogP contribution in [0.1, 0.15) is 251 Å². The monoisotopic (exact) mass is 750 g/mol. The summed E-state index contributed by atoms with van der Waals surface area (Å²) in [7, 11) is 0. The Hall–Kier alpha value is -1.40. The Balaban J connectivity index is 3.52. The van der Waals surface area contributed by atoms with E-state index in [-0.39, 0.29) is 18.5 Å². The highest BCUT2D eigenvalue weighted by atomic mass is 16.5. The van der Waals surface area contributed by atoms with Crippen LogP contribution in [0.25, 0.3) is 0 Å². The van der Waals surface area contributed by atoms with E-state index in [0.717, 1.165) is 77.0 Å².